The lowest BCUT2D eigenvalue weighted by molar-refractivity contribution is -0.777. The Labute approximate surface area is 322 Å². The Bertz CT molecular complexity index is 1560. The van der Waals surface area contributed by atoms with Gasteiger partial charge in [0, 0.05) is 11.8 Å². The fourth-order valence-corrected chi connectivity index (χ4v) is 11.1. The molecule has 0 aromatic rings. The molecule has 4 aliphatic carbocycles. The van der Waals surface area contributed by atoms with Crippen molar-refractivity contribution in [2.24, 2.45) is 40.4 Å². The first-order valence-electron chi connectivity index (χ1n) is 18.2. The van der Waals surface area contributed by atoms with Gasteiger partial charge in [-0.15, -0.1) is 4.33 Å². The Balaban J connectivity index is 1.51. The number of hydrogen-bond donors (Lipinski definition) is 4. The summed E-state index contributed by atoms with van der Waals surface area (Å²) >= 11 is -0.121. The molecule has 8 unspecified atom stereocenters. The minimum Gasteiger partial charge on any atom is -0.691 e. The number of aliphatic carboxylic acids is 2. The predicted octanol–water partition coefficient (Wildman–Crippen LogP) is 2.07. The predicted molar refractivity (Wildman–Crippen MR) is 181 cm³/mol. The van der Waals surface area contributed by atoms with Crippen LogP contribution in [0.5, 0.6) is 0 Å². The van der Waals surface area contributed by atoms with Crippen molar-refractivity contribution in [3.8, 4) is 0 Å². The van der Waals surface area contributed by atoms with Crippen molar-refractivity contribution in [1.29, 1.82) is 0 Å². The van der Waals surface area contributed by atoms with E-state index in [2.05, 4.69) is 16.0 Å². The maximum atomic E-state index is 13.2. The van der Waals surface area contributed by atoms with Crippen molar-refractivity contribution in [3.05, 3.63) is 12.2 Å². The van der Waals surface area contributed by atoms with Crippen molar-refractivity contribution >= 4 is 46.6 Å². The molecule has 0 aromatic heterocycles. The Kier molecular flexibility index (Phi) is 14.0. The van der Waals surface area contributed by atoms with Gasteiger partial charge in [0.05, 0.1) is 31.0 Å². The highest BCUT2D eigenvalue weighted by molar-refractivity contribution is 7.89. The molecule has 5 rings (SSSR count). The van der Waals surface area contributed by atoms with Crippen LogP contribution in [0.1, 0.15) is 85.0 Å². The number of rotatable bonds is 17. The van der Waals surface area contributed by atoms with Gasteiger partial charge in [-0.3, -0.25) is 33.0 Å². The molecule has 1 heterocycles. The third-order valence-corrected chi connectivity index (χ3v) is 13.1. The molecule has 1 saturated heterocycles. The summed E-state index contributed by atoms with van der Waals surface area (Å²) in [5.41, 5.74) is -0.374. The summed E-state index contributed by atoms with van der Waals surface area (Å²) in [5.74, 6) is -5.57. The maximum absolute atomic E-state index is 13.2. The van der Waals surface area contributed by atoms with E-state index in [1.807, 2.05) is 6.92 Å². The van der Waals surface area contributed by atoms with Gasteiger partial charge in [-0.05, 0) is 79.6 Å². The van der Waals surface area contributed by atoms with E-state index in [1.165, 1.54) is 0 Å². The Morgan fingerprint density at radius 3 is 2.42 bits per heavy atom. The van der Waals surface area contributed by atoms with Crippen LogP contribution in [0.15, 0.2) is 12.2 Å². The number of aliphatic hydroxyl groups excluding tert-OH is 1. The largest absolute Gasteiger partial charge is 0.691 e. The molecule has 312 valence electrons. The molecule has 13 atom stereocenters. The van der Waals surface area contributed by atoms with Crippen molar-refractivity contribution in [2.45, 2.75) is 128 Å². The number of carboxylic acids is 2. The number of fused-ring (bicyclic) bond motifs is 3. The van der Waals surface area contributed by atoms with E-state index in [0.717, 1.165) is 24.8 Å². The normalized spacial score (nSPS) is 38.5. The third kappa shape index (κ3) is 9.65. The Morgan fingerprint density at radius 2 is 1.78 bits per heavy atom. The topological polar surface area (TPSA) is 280 Å². The van der Waals surface area contributed by atoms with Crippen LogP contribution in [0, 0.1) is 40.4 Å². The number of esters is 2. The number of ether oxygens (including phenoxy) is 4. The van der Waals surface area contributed by atoms with Crippen LogP contribution in [0.4, 0.5) is 0 Å². The molecular weight excluding hydrogens is 776 g/mol. The molecule has 55 heavy (non-hydrogen) atoms. The van der Waals surface area contributed by atoms with Crippen molar-refractivity contribution < 1.29 is 89.4 Å². The van der Waals surface area contributed by atoms with E-state index in [9.17, 15) is 47.6 Å². The molecule has 4 saturated carbocycles. The molecule has 19 nitrogen and oxygen atoms in total. The van der Waals surface area contributed by atoms with Gasteiger partial charge in [0.2, 0.25) is 0 Å². The summed E-state index contributed by atoms with van der Waals surface area (Å²) in [4.78, 5) is 49.6. The quantitative estimate of drug-likeness (QED) is 0.0239. The van der Waals surface area contributed by atoms with Crippen LogP contribution in [0.25, 0.3) is 0 Å². The number of carbonyl (C=O) groups is 4. The van der Waals surface area contributed by atoms with Crippen LogP contribution in [0.2, 0.25) is 0 Å². The number of carbonyl (C=O) groups excluding carboxylic acids is 2. The monoisotopic (exact) mass is 825 g/mol. The lowest BCUT2D eigenvalue weighted by Gasteiger charge is -2.62. The molecule has 2 bridgehead atoms. The van der Waals surface area contributed by atoms with E-state index in [1.54, 1.807) is 13.8 Å². The molecule has 4 N–H and O–H groups in total. The number of carboxylic acid groups (broad SMARTS) is 2. The Morgan fingerprint density at radius 1 is 1.05 bits per heavy atom. The molecule has 5 aliphatic rings. The van der Waals surface area contributed by atoms with Crippen LogP contribution in [-0.2, 0) is 66.3 Å². The number of hydrogen-bond acceptors (Lipinski definition) is 17. The highest BCUT2D eigenvalue weighted by Crippen LogP contribution is 2.70. The summed E-state index contributed by atoms with van der Waals surface area (Å²) in [6.07, 6.45) is -8.34. The Hall–Kier alpha value is -2.44. The van der Waals surface area contributed by atoms with Gasteiger partial charge < -0.3 is 39.5 Å². The maximum Gasteiger partial charge on any atom is 0.397 e. The van der Waals surface area contributed by atoms with Gasteiger partial charge in [-0.1, -0.05) is 27.4 Å². The van der Waals surface area contributed by atoms with Gasteiger partial charge in [0.1, 0.15) is 18.8 Å². The average molecular weight is 826 g/mol. The van der Waals surface area contributed by atoms with Crippen LogP contribution >= 0.6 is 12.3 Å². The SMILES string of the molecule is C=C1C2CCC3C4(C)CC(O[C@@H]5O[C@@H](COC(=O)CCC(=O)O)[C@@H](OSOO[O-])[C@H](OS(=O)(=O)O)C5OC(=O)CC(C)C)CC(C(=O)O)C4CCC3(C2)[C@H]1O. The molecule has 0 amide bonds. The van der Waals surface area contributed by atoms with E-state index >= 15 is 0 Å². The first kappa shape index (κ1) is 43.7. The van der Waals surface area contributed by atoms with Crippen LogP contribution in [-0.4, -0.2) is 102 Å². The van der Waals surface area contributed by atoms with E-state index in [0.29, 0.717) is 12.8 Å². The summed E-state index contributed by atoms with van der Waals surface area (Å²) in [7, 11) is -5.39. The van der Waals surface area contributed by atoms with Gasteiger partial charge in [-0.25, -0.2) is 4.18 Å². The van der Waals surface area contributed by atoms with Gasteiger partial charge in [0.25, 0.3) is 0 Å². The second-order valence-corrected chi connectivity index (χ2v) is 17.5. The second kappa shape index (κ2) is 17.6. The van der Waals surface area contributed by atoms with E-state index < -0.39 is 113 Å². The standard InChI is InChI=1S/C34H50O19S2/c1-16(2)11-26(38)49-29-28(51-55(43,44)45)27(50-54-53-52-42)22(15-46-25(37)8-7-24(35)36)48-32(29)47-19-12-20(31(40)41)21-9-10-34-13-18(17(3)30(34)39)5-6-23(34)33(21,4)14-19/h16,18-23,27-30,32,39,42H,3,5-15H2,1-2,4H3,(H,35,36)(H,40,41)(H,43,44,45)/p-1/t18?,19?,20?,21?,22-,23?,27+,28-,29?,30-,32+,33?,34?/m0/s1. The first-order valence-corrected chi connectivity index (χ1v) is 20.2. The van der Waals surface area contributed by atoms with E-state index in [-0.39, 0.29) is 55.3 Å². The van der Waals surface area contributed by atoms with Crippen molar-refractivity contribution in [2.75, 3.05) is 6.61 Å². The smallest absolute Gasteiger partial charge is 0.397 e. The zero-order chi connectivity index (χ0) is 40.5. The fraction of sp³-hybridized carbons (Fsp3) is 0.824. The highest BCUT2D eigenvalue weighted by atomic mass is 32.3. The highest BCUT2D eigenvalue weighted by Gasteiger charge is 2.67. The van der Waals surface area contributed by atoms with Crippen molar-refractivity contribution in [3.63, 3.8) is 0 Å². The minimum absolute atomic E-state index is 0.0250. The van der Waals surface area contributed by atoms with Gasteiger partial charge >= 0.3 is 34.3 Å². The fourth-order valence-electron chi connectivity index (χ4n) is 10.2. The van der Waals surface area contributed by atoms with Crippen LogP contribution < -0.4 is 5.26 Å². The molecular formula is C34H49O19S2-. The van der Waals surface area contributed by atoms with Gasteiger partial charge in [-0.2, -0.15) is 8.42 Å². The van der Waals surface area contributed by atoms with Crippen molar-refractivity contribution in [1.82, 2.24) is 0 Å². The molecule has 1 aliphatic heterocycles. The molecule has 0 aromatic carbocycles. The van der Waals surface area contributed by atoms with Crippen LogP contribution in [0.3, 0.4) is 0 Å². The molecule has 5 fully saturated rings. The number of aliphatic hydroxyl groups is 1. The zero-order valence-corrected chi connectivity index (χ0v) is 32.3. The summed E-state index contributed by atoms with van der Waals surface area (Å²) < 4.78 is 72.6. The summed E-state index contributed by atoms with van der Waals surface area (Å²) in [6.45, 7) is 8.85. The lowest BCUT2D eigenvalue weighted by Crippen LogP contribution is -2.64. The molecule has 21 heteroatoms. The molecule has 0 radical (unpaired) electrons. The first-order chi connectivity index (χ1) is 25.8. The van der Waals surface area contributed by atoms with Gasteiger partial charge in [0.15, 0.2) is 30.8 Å². The summed E-state index contributed by atoms with van der Waals surface area (Å²) in [6, 6.07) is 0. The summed E-state index contributed by atoms with van der Waals surface area (Å²) in [5, 5.41) is 44.9. The lowest BCUT2D eigenvalue weighted by atomic mass is 9.43. The second-order valence-electron chi connectivity index (χ2n) is 16.0. The minimum atomic E-state index is -5.39. The molecule has 1 spiro atoms. The average Bonchev–Trinajstić information content (AvgIpc) is 3.26. The van der Waals surface area contributed by atoms with E-state index in [4.69, 9.17) is 32.4 Å². The zero-order valence-electron chi connectivity index (χ0n) is 30.6. The third-order valence-electron chi connectivity index (χ3n) is 12.2.